The first-order chi connectivity index (χ1) is 6.61. The number of hydrogen-bond donors (Lipinski definition) is 0. The molecule has 0 radical (unpaired) electrons. The Morgan fingerprint density at radius 2 is 1.86 bits per heavy atom. The minimum atomic E-state index is -1.69. The number of hydrogen-bond acceptors (Lipinski definition) is 2. The maximum Gasteiger partial charge on any atom is 0.228 e. The fourth-order valence-corrected chi connectivity index (χ4v) is 0.913. The Morgan fingerprint density at radius 1 is 1.21 bits per heavy atom. The van der Waals surface area contributed by atoms with E-state index in [0.29, 0.717) is 6.07 Å². The van der Waals surface area contributed by atoms with Gasteiger partial charge in [-0.25, -0.2) is 13.2 Å². The highest BCUT2D eigenvalue weighted by atomic mass is 19.2. The lowest BCUT2D eigenvalue weighted by atomic mass is 10.3. The van der Waals surface area contributed by atoms with Crippen LogP contribution in [-0.4, -0.2) is 14.0 Å². The number of alkyl halides is 1. The van der Waals surface area contributed by atoms with Crippen molar-refractivity contribution in [3.8, 4) is 11.5 Å². The van der Waals surface area contributed by atoms with E-state index in [2.05, 4.69) is 9.47 Å². The molecule has 0 aromatic heterocycles. The van der Waals surface area contributed by atoms with Crippen molar-refractivity contribution in [2.75, 3.05) is 14.0 Å². The van der Waals surface area contributed by atoms with Gasteiger partial charge in [-0.05, 0) is 0 Å². The van der Waals surface area contributed by atoms with Crippen LogP contribution in [0.25, 0.3) is 0 Å². The lowest BCUT2D eigenvalue weighted by Crippen LogP contribution is -2.01. The average Bonchev–Trinajstić information content (AvgIpc) is 2.16. The molecule has 6 heteroatoms. The van der Waals surface area contributed by atoms with Gasteiger partial charge in [0.1, 0.15) is 0 Å². The second kappa shape index (κ2) is 4.17. The summed E-state index contributed by atoms with van der Waals surface area (Å²) in [4.78, 5) is 0. The van der Waals surface area contributed by atoms with Gasteiger partial charge in [-0.2, -0.15) is 4.39 Å². The molecule has 14 heavy (non-hydrogen) atoms. The van der Waals surface area contributed by atoms with Gasteiger partial charge in [0, 0.05) is 6.07 Å². The van der Waals surface area contributed by atoms with Crippen molar-refractivity contribution in [1.29, 1.82) is 0 Å². The van der Waals surface area contributed by atoms with Crippen molar-refractivity contribution in [3.63, 3.8) is 0 Å². The smallest absolute Gasteiger partial charge is 0.228 e. The van der Waals surface area contributed by atoms with Crippen molar-refractivity contribution in [1.82, 2.24) is 0 Å². The van der Waals surface area contributed by atoms with Crippen molar-refractivity contribution >= 4 is 0 Å². The number of rotatable bonds is 3. The first-order valence-corrected chi connectivity index (χ1v) is 3.52. The van der Waals surface area contributed by atoms with E-state index < -0.39 is 35.8 Å². The summed E-state index contributed by atoms with van der Waals surface area (Å²) in [5, 5.41) is 0. The Hall–Kier alpha value is -1.46. The lowest BCUT2D eigenvalue weighted by molar-refractivity contribution is 0.181. The van der Waals surface area contributed by atoms with Crippen LogP contribution in [0.5, 0.6) is 11.5 Å². The molecule has 0 aliphatic heterocycles. The van der Waals surface area contributed by atoms with E-state index >= 15 is 0 Å². The van der Waals surface area contributed by atoms with Crippen LogP contribution in [0.2, 0.25) is 0 Å². The Bertz CT molecular complexity index is 341. The zero-order valence-electron chi connectivity index (χ0n) is 7.11. The van der Waals surface area contributed by atoms with Crippen molar-refractivity contribution in [3.05, 3.63) is 23.5 Å². The van der Waals surface area contributed by atoms with Crippen LogP contribution in [0.1, 0.15) is 0 Å². The predicted octanol–water partition coefficient (Wildman–Crippen LogP) is 2.42. The molecule has 0 aliphatic carbocycles. The summed E-state index contributed by atoms with van der Waals surface area (Å²) in [6, 6.07) is 0.511. The highest BCUT2D eigenvalue weighted by Gasteiger charge is 2.20. The van der Waals surface area contributed by atoms with E-state index in [0.717, 1.165) is 7.11 Å². The van der Waals surface area contributed by atoms with E-state index in [1.807, 2.05) is 0 Å². The summed E-state index contributed by atoms with van der Waals surface area (Å²) in [6.45, 7) is -1.29. The molecule has 1 aromatic rings. The molecule has 0 N–H and O–H groups in total. The summed E-state index contributed by atoms with van der Waals surface area (Å²) in [7, 11) is 1.03. The molecule has 0 saturated heterocycles. The standard InChI is InChI=1S/C8H6F4O2/c1-13-8-5(14-3-9)2-4(10)6(11)7(8)12/h2H,3H2,1H3. The molecule has 0 spiro atoms. The average molecular weight is 210 g/mol. The fraction of sp³-hybridized carbons (Fsp3) is 0.250. The Morgan fingerprint density at radius 3 is 2.36 bits per heavy atom. The van der Waals surface area contributed by atoms with Crippen molar-refractivity contribution < 1.29 is 27.0 Å². The monoisotopic (exact) mass is 210 g/mol. The summed E-state index contributed by atoms with van der Waals surface area (Å²) in [6.07, 6.45) is 0. The molecule has 0 amide bonds. The normalized spacial score (nSPS) is 10.1. The van der Waals surface area contributed by atoms with Crippen molar-refractivity contribution in [2.24, 2.45) is 0 Å². The van der Waals surface area contributed by atoms with Gasteiger partial charge in [-0.15, -0.1) is 0 Å². The molecule has 0 aliphatic rings. The number of benzene rings is 1. The predicted molar refractivity (Wildman–Crippen MR) is 39.5 cm³/mol. The molecular weight excluding hydrogens is 204 g/mol. The molecule has 0 unspecified atom stereocenters. The topological polar surface area (TPSA) is 18.5 Å². The van der Waals surface area contributed by atoms with E-state index in [9.17, 15) is 17.6 Å². The zero-order valence-corrected chi connectivity index (χ0v) is 7.11. The van der Waals surface area contributed by atoms with Crippen LogP contribution < -0.4 is 9.47 Å². The maximum atomic E-state index is 12.9. The summed E-state index contributed by atoms with van der Waals surface area (Å²) in [5.74, 6) is -5.89. The van der Waals surface area contributed by atoms with Gasteiger partial charge in [0.2, 0.25) is 12.7 Å². The quantitative estimate of drug-likeness (QED) is 0.563. The minimum absolute atomic E-state index is 0.511. The molecule has 0 heterocycles. The van der Waals surface area contributed by atoms with Crippen LogP contribution in [0.15, 0.2) is 6.07 Å². The first-order valence-electron chi connectivity index (χ1n) is 3.52. The molecule has 1 aromatic carbocycles. The summed E-state index contributed by atoms with van der Waals surface area (Å²) < 4.78 is 58.5. The first kappa shape index (κ1) is 10.6. The summed E-state index contributed by atoms with van der Waals surface area (Å²) in [5.41, 5.74) is 0. The minimum Gasteiger partial charge on any atom is -0.490 e. The van der Waals surface area contributed by atoms with Crippen LogP contribution in [0, 0.1) is 17.5 Å². The lowest BCUT2D eigenvalue weighted by Gasteiger charge is -2.09. The third kappa shape index (κ3) is 1.73. The van der Waals surface area contributed by atoms with Gasteiger partial charge in [-0.1, -0.05) is 0 Å². The highest BCUT2D eigenvalue weighted by Crippen LogP contribution is 2.33. The van der Waals surface area contributed by atoms with Crippen LogP contribution in [-0.2, 0) is 0 Å². The highest BCUT2D eigenvalue weighted by molar-refractivity contribution is 5.42. The van der Waals surface area contributed by atoms with Gasteiger partial charge in [-0.3, -0.25) is 0 Å². The molecule has 0 atom stereocenters. The van der Waals surface area contributed by atoms with Gasteiger partial charge < -0.3 is 9.47 Å². The molecule has 1 rings (SSSR count). The number of methoxy groups -OCH3 is 1. The van der Waals surface area contributed by atoms with Crippen molar-refractivity contribution in [2.45, 2.75) is 0 Å². The Labute approximate surface area is 77.1 Å². The second-order valence-electron chi connectivity index (χ2n) is 2.27. The Balaban J connectivity index is 3.28. The largest absolute Gasteiger partial charge is 0.490 e. The van der Waals surface area contributed by atoms with E-state index in [1.54, 1.807) is 0 Å². The molecule has 0 saturated carbocycles. The summed E-state index contributed by atoms with van der Waals surface area (Å²) >= 11 is 0. The molecule has 0 fully saturated rings. The van der Waals surface area contributed by atoms with Gasteiger partial charge >= 0.3 is 0 Å². The maximum absolute atomic E-state index is 12.9. The number of halogens is 4. The van der Waals surface area contributed by atoms with Crippen LogP contribution >= 0.6 is 0 Å². The molecule has 0 bridgehead atoms. The van der Waals surface area contributed by atoms with E-state index in [4.69, 9.17) is 0 Å². The third-order valence-electron chi connectivity index (χ3n) is 1.50. The third-order valence-corrected chi connectivity index (χ3v) is 1.50. The number of ether oxygens (including phenoxy) is 2. The van der Waals surface area contributed by atoms with Gasteiger partial charge in [0.25, 0.3) is 0 Å². The molecular formula is C8H6F4O2. The van der Waals surface area contributed by atoms with E-state index in [-0.39, 0.29) is 0 Å². The van der Waals surface area contributed by atoms with Gasteiger partial charge in [0.05, 0.1) is 7.11 Å². The Kier molecular flexibility index (Phi) is 3.16. The SMILES string of the molecule is COc1c(OCF)cc(F)c(F)c1F. The van der Waals surface area contributed by atoms with Crippen LogP contribution in [0.3, 0.4) is 0 Å². The van der Waals surface area contributed by atoms with Gasteiger partial charge in [0.15, 0.2) is 23.1 Å². The zero-order chi connectivity index (χ0) is 10.7. The van der Waals surface area contributed by atoms with Crippen LogP contribution in [0.4, 0.5) is 17.6 Å². The molecule has 2 nitrogen and oxygen atoms in total. The van der Waals surface area contributed by atoms with E-state index in [1.165, 1.54) is 0 Å². The second-order valence-corrected chi connectivity index (χ2v) is 2.27. The fourth-order valence-electron chi connectivity index (χ4n) is 0.913. The molecule has 78 valence electrons.